The summed E-state index contributed by atoms with van der Waals surface area (Å²) in [5.74, 6) is -1.22. The smallest absolute Gasteiger partial charge is 0.352 e. The first-order valence-electron chi connectivity index (χ1n) is 8.85. The minimum absolute atomic E-state index is 0.0403. The summed E-state index contributed by atoms with van der Waals surface area (Å²) in [5, 5.41) is 25.7. The number of carbonyl (C=O) groups is 3. The topological polar surface area (TPSA) is 167 Å². The molecule has 0 radical (unpaired) electrons. The molecule has 2 amide bonds. The molecule has 1 aromatic carbocycles. The van der Waals surface area contributed by atoms with Crippen LogP contribution in [0, 0.1) is 0 Å². The van der Waals surface area contributed by atoms with E-state index in [1.54, 1.807) is 24.3 Å². The van der Waals surface area contributed by atoms with Crippen LogP contribution in [-0.2, 0) is 20.8 Å². The molecule has 2 atom stereocenters. The Morgan fingerprint density at radius 1 is 1.40 bits per heavy atom. The molecular formula is C17H17N7O4S2. The number of nitrogens with one attached hydrogen (secondary N) is 2. The molecule has 2 aliphatic rings. The van der Waals surface area contributed by atoms with Gasteiger partial charge in [-0.05, 0) is 27.6 Å². The minimum Gasteiger partial charge on any atom is -0.477 e. The van der Waals surface area contributed by atoms with Crippen LogP contribution >= 0.6 is 23.5 Å². The number of rotatable bonds is 7. The number of aliphatic carboxylic acids is 1. The van der Waals surface area contributed by atoms with Crippen molar-refractivity contribution in [1.82, 2.24) is 30.8 Å². The van der Waals surface area contributed by atoms with Gasteiger partial charge < -0.3 is 16.2 Å². The number of thioether (sulfide) groups is 2. The second-order valence-corrected chi connectivity index (χ2v) is 8.65. The van der Waals surface area contributed by atoms with E-state index in [9.17, 15) is 19.5 Å². The lowest BCUT2D eigenvalue weighted by molar-refractivity contribution is -0.150. The number of fused-ring (bicyclic) bond motifs is 1. The van der Waals surface area contributed by atoms with Crippen LogP contribution in [0.2, 0.25) is 0 Å². The van der Waals surface area contributed by atoms with Gasteiger partial charge in [0.15, 0.2) is 0 Å². The van der Waals surface area contributed by atoms with Crippen molar-refractivity contribution in [3.05, 3.63) is 41.1 Å². The largest absolute Gasteiger partial charge is 0.477 e. The number of carbonyl (C=O) groups excluding carboxylic acids is 2. The summed E-state index contributed by atoms with van der Waals surface area (Å²) in [6.45, 7) is 0. The summed E-state index contributed by atoms with van der Waals surface area (Å²) in [7, 11) is 0. The number of carboxylic acid groups (broad SMARTS) is 1. The van der Waals surface area contributed by atoms with Crippen LogP contribution in [0.1, 0.15) is 5.56 Å². The van der Waals surface area contributed by atoms with Gasteiger partial charge in [0.05, 0.1) is 6.42 Å². The van der Waals surface area contributed by atoms with Gasteiger partial charge in [-0.25, -0.2) is 9.89 Å². The maximum Gasteiger partial charge on any atom is 0.352 e. The van der Waals surface area contributed by atoms with Crippen molar-refractivity contribution in [2.45, 2.75) is 23.0 Å². The Kier molecular flexibility index (Phi) is 5.63. The summed E-state index contributed by atoms with van der Waals surface area (Å²) in [6, 6.07) is 6.24. The van der Waals surface area contributed by atoms with Gasteiger partial charge in [-0.3, -0.25) is 14.5 Å². The number of amides is 2. The van der Waals surface area contributed by atoms with Gasteiger partial charge in [0, 0.05) is 17.2 Å². The fraction of sp³-hybridized carbons (Fsp3) is 0.294. The number of aromatic nitrogens is 4. The number of benzene rings is 1. The molecule has 0 aliphatic carbocycles. The van der Waals surface area contributed by atoms with E-state index in [0.717, 1.165) is 0 Å². The Morgan fingerprint density at radius 2 is 2.20 bits per heavy atom. The molecule has 156 valence electrons. The number of nitrogens with zero attached hydrogens (tertiary/aromatic N) is 4. The van der Waals surface area contributed by atoms with Crippen molar-refractivity contribution in [2.75, 3.05) is 17.2 Å². The van der Waals surface area contributed by atoms with E-state index in [2.05, 4.69) is 25.9 Å². The first kappa shape index (κ1) is 20.2. The van der Waals surface area contributed by atoms with E-state index in [1.165, 1.54) is 28.4 Å². The summed E-state index contributed by atoms with van der Waals surface area (Å²) in [6.07, 6.45) is 0.0442. The van der Waals surface area contributed by atoms with E-state index in [1.807, 2.05) is 0 Å². The third kappa shape index (κ3) is 3.85. The molecule has 13 heteroatoms. The SMILES string of the molecule is Nc1ccccc1CC(=O)NC1C(=O)N2C(C(=O)O)=C(CSc3nnn[nH]3)CS[C@H]12. The quantitative estimate of drug-likeness (QED) is 0.255. The third-order valence-electron chi connectivity index (χ3n) is 4.68. The molecule has 11 nitrogen and oxygen atoms in total. The van der Waals surface area contributed by atoms with E-state index >= 15 is 0 Å². The van der Waals surface area contributed by atoms with Crippen molar-refractivity contribution in [3.8, 4) is 0 Å². The first-order valence-corrected chi connectivity index (χ1v) is 10.9. The van der Waals surface area contributed by atoms with Crippen molar-refractivity contribution in [2.24, 2.45) is 0 Å². The van der Waals surface area contributed by atoms with E-state index < -0.39 is 23.3 Å². The Hall–Kier alpha value is -3.06. The average molecular weight is 448 g/mol. The molecule has 30 heavy (non-hydrogen) atoms. The number of anilines is 1. The lowest BCUT2D eigenvalue weighted by atomic mass is 10.0. The Labute approximate surface area is 178 Å². The number of H-pyrrole nitrogens is 1. The van der Waals surface area contributed by atoms with Crippen LogP contribution < -0.4 is 11.1 Å². The van der Waals surface area contributed by atoms with Crippen molar-refractivity contribution < 1.29 is 19.5 Å². The Morgan fingerprint density at radius 3 is 2.90 bits per heavy atom. The van der Waals surface area contributed by atoms with Crippen molar-refractivity contribution >= 4 is 47.0 Å². The van der Waals surface area contributed by atoms with E-state index in [4.69, 9.17) is 5.73 Å². The van der Waals surface area contributed by atoms with Gasteiger partial charge >= 0.3 is 5.97 Å². The van der Waals surface area contributed by atoms with Crippen LogP contribution in [0.25, 0.3) is 0 Å². The second-order valence-electron chi connectivity index (χ2n) is 6.58. The lowest BCUT2D eigenvalue weighted by Gasteiger charge is -2.49. The minimum atomic E-state index is -1.18. The highest BCUT2D eigenvalue weighted by atomic mass is 32.2. The average Bonchev–Trinajstić information content (AvgIpc) is 3.25. The Bertz CT molecular complexity index is 1030. The summed E-state index contributed by atoms with van der Waals surface area (Å²) >= 11 is 2.66. The molecular weight excluding hydrogens is 430 g/mol. The molecule has 3 heterocycles. The van der Waals surface area contributed by atoms with Gasteiger partial charge in [-0.2, -0.15) is 0 Å². The number of nitrogen functional groups attached to an aromatic ring is 1. The number of hydrogen-bond acceptors (Lipinski definition) is 9. The standard InChI is InChI=1S/C17H17N7O4S2/c18-10-4-2-1-3-8(10)5-11(25)19-12-14(26)24-13(16(27)28)9(6-29-15(12)24)7-30-17-20-22-23-21-17/h1-4,12,15H,5-7,18H2,(H,19,25)(H,27,28)(H,20,21,22,23)/t12?,15-/m1/s1. The maximum absolute atomic E-state index is 12.7. The van der Waals surface area contributed by atoms with Crippen LogP contribution in [0.15, 0.2) is 40.7 Å². The number of nitrogens with two attached hydrogens (primary N) is 1. The first-order chi connectivity index (χ1) is 14.5. The van der Waals surface area contributed by atoms with Gasteiger partial charge in [-0.1, -0.05) is 30.0 Å². The molecule has 1 fully saturated rings. The molecule has 4 rings (SSSR count). The molecule has 2 aliphatic heterocycles. The normalized spacial score (nSPS) is 20.5. The maximum atomic E-state index is 12.7. The van der Waals surface area contributed by atoms with E-state index in [-0.39, 0.29) is 18.0 Å². The highest BCUT2D eigenvalue weighted by Gasteiger charge is 2.54. The zero-order chi connectivity index (χ0) is 21.3. The number of aromatic amines is 1. The molecule has 2 aromatic rings. The number of para-hydroxylation sites is 1. The number of carboxylic acids is 1. The fourth-order valence-electron chi connectivity index (χ4n) is 3.25. The number of tetrazole rings is 1. The van der Waals surface area contributed by atoms with Crippen LogP contribution in [0.3, 0.4) is 0 Å². The van der Waals surface area contributed by atoms with E-state index in [0.29, 0.717) is 33.5 Å². The third-order valence-corrected chi connectivity index (χ3v) is 6.96. The van der Waals surface area contributed by atoms with Crippen LogP contribution in [0.5, 0.6) is 0 Å². The lowest BCUT2D eigenvalue weighted by Crippen LogP contribution is -2.70. The molecule has 1 saturated heterocycles. The molecule has 5 N–H and O–H groups in total. The van der Waals surface area contributed by atoms with Crippen molar-refractivity contribution in [1.29, 1.82) is 0 Å². The van der Waals surface area contributed by atoms with Gasteiger partial charge in [0.25, 0.3) is 5.91 Å². The zero-order valence-electron chi connectivity index (χ0n) is 15.4. The predicted molar refractivity (Wildman–Crippen MR) is 109 cm³/mol. The van der Waals surface area contributed by atoms with Crippen LogP contribution in [0.4, 0.5) is 5.69 Å². The molecule has 1 unspecified atom stereocenters. The monoisotopic (exact) mass is 447 g/mol. The zero-order valence-corrected chi connectivity index (χ0v) is 17.1. The summed E-state index contributed by atoms with van der Waals surface area (Å²) in [4.78, 5) is 38.2. The molecule has 0 saturated carbocycles. The summed E-state index contributed by atoms with van der Waals surface area (Å²) in [5.41, 5.74) is 7.59. The summed E-state index contributed by atoms with van der Waals surface area (Å²) < 4.78 is 0. The second kappa shape index (κ2) is 8.36. The number of β-lactam (4-membered cyclic amide) rings is 1. The highest BCUT2D eigenvalue weighted by Crippen LogP contribution is 2.41. The van der Waals surface area contributed by atoms with Gasteiger partial charge in [-0.15, -0.1) is 16.9 Å². The number of hydrogen-bond donors (Lipinski definition) is 4. The van der Waals surface area contributed by atoms with Crippen molar-refractivity contribution in [3.63, 3.8) is 0 Å². The Balaban J connectivity index is 1.44. The van der Waals surface area contributed by atoms with Gasteiger partial charge in [0.1, 0.15) is 17.1 Å². The van der Waals surface area contributed by atoms with Crippen LogP contribution in [-0.4, -0.2) is 71.3 Å². The fourth-order valence-corrected chi connectivity index (χ4v) is 5.48. The van der Waals surface area contributed by atoms with Gasteiger partial charge in [0.2, 0.25) is 11.1 Å². The molecule has 0 spiro atoms. The highest BCUT2D eigenvalue weighted by molar-refractivity contribution is 8.01. The molecule has 0 bridgehead atoms. The predicted octanol–water partition coefficient (Wildman–Crippen LogP) is -0.145. The molecule has 1 aromatic heterocycles.